The summed E-state index contributed by atoms with van der Waals surface area (Å²) in [5, 5.41) is 13.7. The summed E-state index contributed by atoms with van der Waals surface area (Å²) in [5.41, 5.74) is 2.44. The minimum Gasteiger partial charge on any atom is -0.317 e. The van der Waals surface area contributed by atoms with Gasteiger partial charge in [-0.25, -0.2) is 0 Å². The summed E-state index contributed by atoms with van der Waals surface area (Å²) in [5.74, 6) is 2.72. The van der Waals surface area contributed by atoms with E-state index in [9.17, 15) is 0 Å². The molecule has 7 nitrogen and oxygen atoms in total. The first kappa shape index (κ1) is 19.3. The number of piperidine rings is 1. The van der Waals surface area contributed by atoms with Crippen LogP contribution < -0.4 is 0 Å². The van der Waals surface area contributed by atoms with Gasteiger partial charge in [0.1, 0.15) is 11.6 Å². The maximum atomic E-state index is 4.60. The van der Waals surface area contributed by atoms with Crippen LogP contribution in [0.3, 0.4) is 0 Å². The van der Waals surface area contributed by atoms with E-state index in [0.717, 1.165) is 50.1 Å². The van der Waals surface area contributed by atoms with E-state index < -0.39 is 0 Å². The van der Waals surface area contributed by atoms with Crippen LogP contribution in [0.2, 0.25) is 0 Å². The maximum absolute atomic E-state index is 4.60. The third kappa shape index (κ3) is 4.20. The fourth-order valence-electron chi connectivity index (χ4n) is 4.60. The average molecular weight is 384 g/mol. The van der Waals surface area contributed by atoms with E-state index in [4.69, 9.17) is 0 Å². The van der Waals surface area contributed by atoms with Gasteiger partial charge in [0.05, 0.1) is 18.8 Å². The van der Waals surface area contributed by atoms with Crippen molar-refractivity contribution in [3.63, 3.8) is 0 Å². The van der Waals surface area contributed by atoms with Crippen molar-refractivity contribution in [2.75, 3.05) is 26.2 Å². The first-order chi connectivity index (χ1) is 13.6. The number of hydrogen-bond donors (Lipinski definition) is 0. The predicted octanol–water partition coefficient (Wildman–Crippen LogP) is 2.48. The SMILES string of the molecule is C=CCn1cc(CN2CCCC(c3nnc(CN4CCCC4)n3C)C2)c(C)n1. The Morgan fingerprint density at radius 3 is 2.68 bits per heavy atom. The lowest BCUT2D eigenvalue weighted by Gasteiger charge is -2.32. The Hall–Kier alpha value is -1.99. The van der Waals surface area contributed by atoms with Gasteiger partial charge in [0, 0.05) is 37.8 Å². The molecule has 0 aromatic carbocycles. The van der Waals surface area contributed by atoms with Crippen molar-refractivity contribution in [1.82, 2.24) is 34.3 Å². The van der Waals surface area contributed by atoms with Gasteiger partial charge in [-0.1, -0.05) is 6.08 Å². The number of allylic oxidation sites excluding steroid dienone is 1. The van der Waals surface area contributed by atoms with Gasteiger partial charge in [-0.2, -0.15) is 5.10 Å². The second-order valence-electron chi connectivity index (χ2n) is 8.34. The van der Waals surface area contributed by atoms with Gasteiger partial charge in [-0.05, 0) is 52.2 Å². The normalized spacial score (nSPS) is 21.4. The Bertz CT molecular complexity index is 800. The van der Waals surface area contributed by atoms with E-state index in [1.165, 1.54) is 44.3 Å². The molecule has 2 aliphatic heterocycles. The van der Waals surface area contributed by atoms with Crippen LogP contribution in [0.25, 0.3) is 0 Å². The molecule has 28 heavy (non-hydrogen) atoms. The van der Waals surface area contributed by atoms with Crippen LogP contribution in [0.5, 0.6) is 0 Å². The molecule has 0 saturated carbocycles. The predicted molar refractivity (Wildman–Crippen MR) is 110 cm³/mol. The summed E-state index contributed by atoms with van der Waals surface area (Å²) < 4.78 is 4.23. The van der Waals surface area contributed by atoms with E-state index in [2.05, 4.69) is 56.4 Å². The minimum absolute atomic E-state index is 0.460. The highest BCUT2D eigenvalue weighted by molar-refractivity contribution is 5.16. The third-order valence-electron chi connectivity index (χ3n) is 6.19. The maximum Gasteiger partial charge on any atom is 0.146 e. The smallest absolute Gasteiger partial charge is 0.146 e. The molecular weight excluding hydrogens is 350 g/mol. The van der Waals surface area contributed by atoms with E-state index in [0.29, 0.717) is 5.92 Å². The number of aryl methyl sites for hydroxylation is 1. The first-order valence-corrected chi connectivity index (χ1v) is 10.6. The van der Waals surface area contributed by atoms with Crippen molar-refractivity contribution in [1.29, 1.82) is 0 Å². The molecule has 1 unspecified atom stereocenters. The summed E-state index contributed by atoms with van der Waals surface area (Å²) in [6.07, 6.45) is 9.08. The molecular formula is C21H33N7. The summed E-state index contributed by atoms with van der Waals surface area (Å²) in [6.45, 7) is 13.1. The fourth-order valence-corrected chi connectivity index (χ4v) is 4.60. The van der Waals surface area contributed by atoms with Crippen molar-refractivity contribution < 1.29 is 0 Å². The average Bonchev–Trinajstić information content (AvgIpc) is 3.39. The Balaban J connectivity index is 1.41. The molecule has 1 atom stereocenters. The number of aromatic nitrogens is 5. The number of likely N-dealkylation sites (tertiary alicyclic amines) is 2. The highest BCUT2D eigenvalue weighted by Crippen LogP contribution is 2.27. The van der Waals surface area contributed by atoms with Crippen molar-refractivity contribution in [2.24, 2.45) is 7.05 Å². The molecule has 2 aromatic heterocycles. The second-order valence-corrected chi connectivity index (χ2v) is 8.34. The number of hydrogen-bond acceptors (Lipinski definition) is 5. The van der Waals surface area contributed by atoms with Crippen molar-refractivity contribution >= 4 is 0 Å². The van der Waals surface area contributed by atoms with E-state index in [1.807, 2.05) is 10.8 Å². The lowest BCUT2D eigenvalue weighted by Crippen LogP contribution is -2.35. The van der Waals surface area contributed by atoms with Gasteiger partial charge in [0.2, 0.25) is 0 Å². The zero-order valence-corrected chi connectivity index (χ0v) is 17.3. The highest BCUT2D eigenvalue weighted by Gasteiger charge is 2.27. The monoisotopic (exact) mass is 383 g/mol. The van der Waals surface area contributed by atoms with E-state index in [1.54, 1.807) is 0 Å². The lowest BCUT2D eigenvalue weighted by atomic mass is 9.96. The van der Waals surface area contributed by atoms with Gasteiger partial charge < -0.3 is 4.57 Å². The lowest BCUT2D eigenvalue weighted by molar-refractivity contribution is 0.194. The van der Waals surface area contributed by atoms with Crippen molar-refractivity contribution in [3.05, 3.63) is 41.8 Å². The zero-order chi connectivity index (χ0) is 19.5. The Morgan fingerprint density at radius 2 is 1.89 bits per heavy atom. The molecule has 7 heteroatoms. The van der Waals surface area contributed by atoms with Crippen LogP contribution in [0, 0.1) is 6.92 Å². The first-order valence-electron chi connectivity index (χ1n) is 10.6. The van der Waals surface area contributed by atoms with Crippen LogP contribution in [0.15, 0.2) is 18.9 Å². The largest absolute Gasteiger partial charge is 0.317 e. The van der Waals surface area contributed by atoms with Crippen LogP contribution in [0.4, 0.5) is 0 Å². The van der Waals surface area contributed by atoms with Crippen LogP contribution in [0.1, 0.15) is 54.5 Å². The summed E-state index contributed by atoms with van der Waals surface area (Å²) >= 11 is 0. The Kier molecular flexibility index (Phi) is 5.92. The Morgan fingerprint density at radius 1 is 1.11 bits per heavy atom. The molecule has 4 rings (SSSR count). The van der Waals surface area contributed by atoms with Gasteiger partial charge in [-0.3, -0.25) is 14.5 Å². The molecule has 0 N–H and O–H groups in total. The number of nitrogens with zero attached hydrogens (tertiary/aromatic N) is 7. The van der Waals surface area contributed by atoms with Gasteiger partial charge in [0.15, 0.2) is 0 Å². The van der Waals surface area contributed by atoms with Crippen molar-refractivity contribution in [2.45, 2.75) is 58.2 Å². The van der Waals surface area contributed by atoms with E-state index in [-0.39, 0.29) is 0 Å². The molecule has 0 radical (unpaired) electrons. The van der Waals surface area contributed by atoms with Crippen LogP contribution >= 0.6 is 0 Å². The molecule has 0 amide bonds. The highest BCUT2D eigenvalue weighted by atomic mass is 15.3. The van der Waals surface area contributed by atoms with Crippen LogP contribution in [-0.4, -0.2) is 60.5 Å². The second kappa shape index (κ2) is 8.57. The molecule has 4 heterocycles. The molecule has 152 valence electrons. The van der Waals surface area contributed by atoms with Gasteiger partial charge in [0.25, 0.3) is 0 Å². The quantitative estimate of drug-likeness (QED) is 0.688. The molecule has 0 spiro atoms. The Labute approximate surface area is 168 Å². The topological polar surface area (TPSA) is 55.0 Å². The van der Waals surface area contributed by atoms with Crippen LogP contribution in [-0.2, 0) is 26.7 Å². The number of rotatable bonds is 7. The van der Waals surface area contributed by atoms with Gasteiger partial charge in [-0.15, -0.1) is 16.8 Å². The summed E-state index contributed by atoms with van der Waals surface area (Å²) in [7, 11) is 2.14. The minimum atomic E-state index is 0.460. The molecule has 2 aromatic rings. The molecule has 0 aliphatic carbocycles. The third-order valence-corrected chi connectivity index (χ3v) is 6.19. The summed E-state index contributed by atoms with van der Waals surface area (Å²) in [6, 6.07) is 0. The van der Waals surface area contributed by atoms with E-state index >= 15 is 0 Å². The molecule has 2 saturated heterocycles. The molecule has 0 bridgehead atoms. The van der Waals surface area contributed by atoms with Gasteiger partial charge >= 0.3 is 0 Å². The fraction of sp³-hybridized carbons (Fsp3) is 0.667. The standard InChI is InChI=1S/C21H33N7/c1-4-9-28-15-19(17(2)24-28)14-27-12-7-8-18(13-27)21-23-22-20(25(21)3)16-26-10-5-6-11-26/h4,15,18H,1,5-14,16H2,2-3H3. The zero-order valence-electron chi connectivity index (χ0n) is 17.3. The van der Waals surface area contributed by atoms with Crippen molar-refractivity contribution in [3.8, 4) is 0 Å². The molecule has 2 aliphatic rings. The molecule has 2 fully saturated rings. The summed E-state index contributed by atoms with van der Waals surface area (Å²) in [4.78, 5) is 5.04.